The summed E-state index contributed by atoms with van der Waals surface area (Å²) in [6, 6.07) is 7.89. The Hall–Kier alpha value is -2.34. The van der Waals surface area contributed by atoms with Crippen molar-refractivity contribution in [3.63, 3.8) is 0 Å². The summed E-state index contributed by atoms with van der Waals surface area (Å²) in [6.45, 7) is 5.25. The molecule has 3 N–H and O–H groups in total. The number of aliphatic imine (C=N–C) groups is 1. The summed E-state index contributed by atoms with van der Waals surface area (Å²) in [4.78, 5) is 4.41. The van der Waals surface area contributed by atoms with E-state index in [0.29, 0.717) is 19.1 Å². The summed E-state index contributed by atoms with van der Waals surface area (Å²) in [5.41, 5.74) is 11.4. The van der Waals surface area contributed by atoms with Crippen LogP contribution in [-0.2, 0) is 24.8 Å². The Kier molecular flexibility index (Phi) is 5.76. The van der Waals surface area contributed by atoms with Crippen molar-refractivity contribution in [2.24, 2.45) is 17.8 Å². The van der Waals surface area contributed by atoms with E-state index in [2.05, 4.69) is 22.3 Å². The first kappa shape index (κ1) is 17.0. The second kappa shape index (κ2) is 7.78. The van der Waals surface area contributed by atoms with Crippen molar-refractivity contribution in [3.8, 4) is 0 Å². The van der Waals surface area contributed by atoms with E-state index in [-0.39, 0.29) is 0 Å². The summed E-state index contributed by atoms with van der Waals surface area (Å²) in [5, 5.41) is 7.56. The molecule has 2 rings (SSSR count). The van der Waals surface area contributed by atoms with Gasteiger partial charge in [-0.1, -0.05) is 18.2 Å². The van der Waals surface area contributed by atoms with Gasteiger partial charge in [-0.05, 0) is 31.9 Å². The van der Waals surface area contributed by atoms with Crippen molar-refractivity contribution in [2.75, 3.05) is 19.0 Å². The number of ether oxygens (including phenoxy) is 1. The standard InChI is InChI=1S/C17H25N5O/c1-12-15(13(2)22(3)21-12)9-10-19-17(18)20-16-8-6-5-7-14(16)11-23-4/h5-8H,9-11H2,1-4H3,(H3,18,19,20). The van der Waals surface area contributed by atoms with Crippen LogP contribution in [0.1, 0.15) is 22.5 Å². The number of benzene rings is 1. The molecule has 0 saturated carbocycles. The zero-order valence-electron chi connectivity index (χ0n) is 14.3. The number of methoxy groups -OCH3 is 1. The average Bonchev–Trinajstić information content (AvgIpc) is 2.76. The third-order valence-electron chi connectivity index (χ3n) is 3.88. The van der Waals surface area contributed by atoms with Crippen LogP contribution in [0, 0.1) is 13.8 Å². The van der Waals surface area contributed by atoms with Crippen molar-refractivity contribution in [1.29, 1.82) is 0 Å². The van der Waals surface area contributed by atoms with E-state index in [9.17, 15) is 0 Å². The quantitative estimate of drug-likeness (QED) is 0.632. The largest absolute Gasteiger partial charge is 0.380 e. The lowest BCUT2D eigenvalue weighted by atomic mass is 10.1. The minimum Gasteiger partial charge on any atom is -0.380 e. The molecule has 0 unspecified atom stereocenters. The Labute approximate surface area is 137 Å². The zero-order chi connectivity index (χ0) is 16.8. The molecule has 0 aliphatic carbocycles. The lowest BCUT2D eigenvalue weighted by molar-refractivity contribution is 0.185. The molecule has 0 fully saturated rings. The maximum atomic E-state index is 5.99. The third-order valence-corrected chi connectivity index (χ3v) is 3.88. The lowest BCUT2D eigenvalue weighted by Crippen LogP contribution is -2.24. The van der Waals surface area contributed by atoms with Gasteiger partial charge in [-0.15, -0.1) is 0 Å². The number of guanidine groups is 1. The molecule has 1 heterocycles. The van der Waals surface area contributed by atoms with E-state index in [0.717, 1.165) is 23.4 Å². The predicted octanol–water partition coefficient (Wildman–Crippen LogP) is 2.15. The lowest BCUT2D eigenvalue weighted by Gasteiger charge is -2.10. The molecule has 0 radical (unpaired) electrons. The summed E-state index contributed by atoms with van der Waals surface area (Å²) in [5.74, 6) is 0.410. The number of nitrogens with zero attached hydrogens (tertiary/aromatic N) is 3. The molecule has 0 spiro atoms. The van der Waals surface area contributed by atoms with E-state index in [4.69, 9.17) is 10.5 Å². The topological polar surface area (TPSA) is 77.5 Å². The van der Waals surface area contributed by atoms with Gasteiger partial charge in [0.1, 0.15) is 0 Å². The minimum atomic E-state index is 0.410. The second-order valence-electron chi connectivity index (χ2n) is 5.51. The highest BCUT2D eigenvalue weighted by atomic mass is 16.5. The maximum Gasteiger partial charge on any atom is 0.193 e. The normalized spacial score (nSPS) is 11.7. The Balaban J connectivity index is 1.98. The van der Waals surface area contributed by atoms with Crippen LogP contribution in [0.5, 0.6) is 0 Å². The summed E-state index contributed by atoms with van der Waals surface area (Å²) in [6.07, 6.45) is 0.827. The van der Waals surface area contributed by atoms with Crippen LogP contribution in [0.25, 0.3) is 0 Å². The summed E-state index contributed by atoms with van der Waals surface area (Å²) < 4.78 is 7.09. The molecule has 0 bridgehead atoms. The fraction of sp³-hybridized carbons (Fsp3) is 0.412. The van der Waals surface area contributed by atoms with Gasteiger partial charge in [-0.2, -0.15) is 5.10 Å². The van der Waals surface area contributed by atoms with E-state index >= 15 is 0 Å². The van der Waals surface area contributed by atoms with Gasteiger partial charge in [0.2, 0.25) is 0 Å². The molecular formula is C17H25N5O. The number of hydrogen-bond donors (Lipinski definition) is 2. The molecule has 124 valence electrons. The molecule has 0 atom stereocenters. The van der Waals surface area contributed by atoms with E-state index in [1.807, 2.05) is 42.9 Å². The molecular weight excluding hydrogens is 290 g/mol. The molecule has 23 heavy (non-hydrogen) atoms. The molecule has 1 aromatic carbocycles. The second-order valence-corrected chi connectivity index (χ2v) is 5.51. The minimum absolute atomic E-state index is 0.410. The number of hydrogen-bond acceptors (Lipinski definition) is 3. The number of anilines is 1. The van der Waals surface area contributed by atoms with Crippen molar-refractivity contribution < 1.29 is 4.74 Å². The fourth-order valence-corrected chi connectivity index (χ4v) is 2.57. The Morgan fingerprint density at radius 1 is 1.35 bits per heavy atom. The molecule has 6 heteroatoms. The summed E-state index contributed by atoms with van der Waals surface area (Å²) >= 11 is 0. The highest BCUT2D eigenvalue weighted by Crippen LogP contribution is 2.16. The van der Waals surface area contributed by atoms with Crippen LogP contribution in [0.4, 0.5) is 5.69 Å². The maximum absolute atomic E-state index is 5.99. The van der Waals surface area contributed by atoms with Gasteiger partial charge in [0.15, 0.2) is 5.96 Å². The van der Waals surface area contributed by atoms with E-state index < -0.39 is 0 Å². The molecule has 1 aromatic heterocycles. The van der Waals surface area contributed by atoms with Crippen molar-refractivity contribution >= 4 is 11.6 Å². The molecule has 2 aromatic rings. The number of nitrogens with two attached hydrogens (primary N) is 1. The first-order valence-electron chi connectivity index (χ1n) is 7.65. The number of aromatic nitrogens is 2. The van der Waals surface area contributed by atoms with Crippen LogP contribution >= 0.6 is 0 Å². The Morgan fingerprint density at radius 2 is 2.09 bits per heavy atom. The Morgan fingerprint density at radius 3 is 2.74 bits per heavy atom. The van der Waals surface area contributed by atoms with Gasteiger partial charge in [0.25, 0.3) is 0 Å². The molecule has 6 nitrogen and oxygen atoms in total. The number of nitrogens with one attached hydrogen (secondary N) is 1. The highest BCUT2D eigenvalue weighted by molar-refractivity contribution is 5.92. The fourth-order valence-electron chi connectivity index (χ4n) is 2.57. The van der Waals surface area contributed by atoms with Gasteiger partial charge in [-0.25, -0.2) is 0 Å². The van der Waals surface area contributed by atoms with Gasteiger partial charge in [0.05, 0.1) is 12.3 Å². The van der Waals surface area contributed by atoms with Gasteiger partial charge < -0.3 is 15.8 Å². The summed E-state index contributed by atoms with van der Waals surface area (Å²) in [7, 11) is 3.63. The monoisotopic (exact) mass is 315 g/mol. The van der Waals surface area contributed by atoms with Gasteiger partial charge in [0, 0.05) is 37.6 Å². The highest BCUT2D eigenvalue weighted by Gasteiger charge is 2.08. The van der Waals surface area contributed by atoms with Crippen LogP contribution in [0.2, 0.25) is 0 Å². The molecule has 0 saturated heterocycles. The van der Waals surface area contributed by atoms with Crippen LogP contribution in [0.15, 0.2) is 29.3 Å². The third kappa shape index (κ3) is 4.32. The van der Waals surface area contributed by atoms with Crippen LogP contribution in [-0.4, -0.2) is 29.4 Å². The number of para-hydroxylation sites is 1. The van der Waals surface area contributed by atoms with Gasteiger partial charge in [-0.3, -0.25) is 9.67 Å². The first-order valence-corrected chi connectivity index (χ1v) is 7.65. The van der Waals surface area contributed by atoms with E-state index in [1.54, 1.807) is 7.11 Å². The smallest absolute Gasteiger partial charge is 0.193 e. The van der Waals surface area contributed by atoms with Crippen molar-refractivity contribution in [1.82, 2.24) is 9.78 Å². The Bertz CT molecular complexity index is 690. The van der Waals surface area contributed by atoms with Crippen molar-refractivity contribution in [3.05, 3.63) is 46.8 Å². The predicted molar refractivity (Wildman–Crippen MR) is 93.7 cm³/mol. The SMILES string of the molecule is COCc1ccccc1NC(N)=NCCc1c(C)nn(C)c1C. The molecule has 0 aliphatic rings. The first-order chi connectivity index (χ1) is 11.0. The number of rotatable bonds is 6. The molecule has 0 amide bonds. The zero-order valence-corrected chi connectivity index (χ0v) is 14.3. The van der Waals surface area contributed by atoms with Crippen molar-refractivity contribution in [2.45, 2.75) is 26.9 Å². The van der Waals surface area contributed by atoms with E-state index in [1.165, 1.54) is 11.3 Å². The average molecular weight is 315 g/mol. The van der Waals surface area contributed by atoms with Gasteiger partial charge >= 0.3 is 0 Å². The number of aryl methyl sites for hydroxylation is 2. The van der Waals surface area contributed by atoms with Crippen LogP contribution in [0.3, 0.4) is 0 Å². The van der Waals surface area contributed by atoms with Crippen LogP contribution < -0.4 is 11.1 Å². The molecule has 0 aliphatic heterocycles.